The minimum atomic E-state index is 0.246. The Morgan fingerprint density at radius 3 is 3.00 bits per heavy atom. The predicted octanol–water partition coefficient (Wildman–Crippen LogP) is 3.24. The molecule has 3 rings (SSSR count). The molecule has 3 atom stereocenters. The van der Waals surface area contributed by atoms with Crippen molar-refractivity contribution in [3.05, 3.63) is 11.5 Å². The Morgan fingerprint density at radius 2 is 2.16 bits per heavy atom. The maximum atomic E-state index is 5.95. The summed E-state index contributed by atoms with van der Waals surface area (Å²) < 4.78 is 0. The first-order chi connectivity index (χ1) is 9.15. The molecule has 0 amide bonds. The molecule has 0 bridgehead atoms. The maximum Gasteiger partial charge on any atom is 0.226 e. The van der Waals surface area contributed by atoms with E-state index >= 15 is 0 Å². The zero-order valence-electron chi connectivity index (χ0n) is 11.2. The molecule has 0 saturated heterocycles. The Labute approximate surface area is 117 Å². The molecular weight excluding hydrogens is 262 g/mol. The lowest BCUT2D eigenvalue weighted by molar-refractivity contribution is 0.253. The molecule has 2 aromatic rings. The Balaban J connectivity index is 1.90. The van der Waals surface area contributed by atoms with Crippen LogP contribution < -0.4 is 5.32 Å². The van der Waals surface area contributed by atoms with E-state index in [0.29, 0.717) is 17.6 Å². The zero-order valence-corrected chi connectivity index (χ0v) is 11.9. The first-order valence-electron chi connectivity index (χ1n) is 6.78. The van der Waals surface area contributed by atoms with Gasteiger partial charge >= 0.3 is 0 Å². The molecule has 0 radical (unpaired) electrons. The van der Waals surface area contributed by atoms with Crippen LogP contribution in [0.1, 0.15) is 33.1 Å². The van der Waals surface area contributed by atoms with Crippen LogP contribution in [0.2, 0.25) is 5.28 Å². The van der Waals surface area contributed by atoms with Gasteiger partial charge in [0.15, 0.2) is 5.65 Å². The molecule has 2 aromatic heterocycles. The number of fused-ring (bicyclic) bond motifs is 1. The summed E-state index contributed by atoms with van der Waals surface area (Å²) in [7, 11) is 0. The maximum absolute atomic E-state index is 5.95. The van der Waals surface area contributed by atoms with E-state index in [0.717, 1.165) is 17.1 Å². The van der Waals surface area contributed by atoms with Crippen LogP contribution in [0, 0.1) is 11.8 Å². The summed E-state index contributed by atoms with van der Waals surface area (Å²) in [5.74, 6) is 2.16. The Hall–Kier alpha value is -1.36. The third-order valence-corrected chi connectivity index (χ3v) is 4.48. The number of aromatic nitrogens is 4. The van der Waals surface area contributed by atoms with E-state index in [2.05, 4.69) is 39.3 Å². The van der Waals surface area contributed by atoms with Gasteiger partial charge in [-0.05, 0) is 29.9 Å². The van der Waals surface area contributed by atoms with Gasteiger partial charge in [-0.15, -0.1) is 0 Å². The van der Waals surface area contributed by atoms with E-state index in [1.165, 1.54) is 19.3 Å². The molecule has 102 valence electrons. The normalized spacial score (nSPS) is 27.6. The topological polar surface area (TPSA) is 66.5 Å². The van der Waals surface area contributed by atoms with Crippen molar-refractivity contribution in [2.75, 3.05) is 5.32 Å². The second-order valence-corrected chi connectivity index (χ2v) is 5.83. The highest BCUT2D eigenvalue weighted by Crippen LogP contribution is 2.32. The van der Waals surface area contributed by atoms with Crippen LogP contribution in [0.25, 0.3) is 11.0 Å². The van der Waals surface area contributed by atoms with E-state index in [9.17, 15) is 0 Å². The van der Waals surface area contributed by atoms with Gasteiger partial charge in [-0.25, -0.2) is 0 Å². The van der Waals surface area contributed by atoms with Gasteiger partial charge in [0.05, 0.1) is 11.6 Å². The lowest BCUT2D eigenvalue weighted by atomic mass is 9.78. The lowest BCUT2D eigenvalue weighted by Gasteiger charge is -2.35. The quantitative estimate of drug-likeness (QED) is 0.828. The fourth-order valence-electron chi connectivity index (χ4n) is 2.88. The highest BCUT2D eigenvalue weighted by atomic mass is 35.5. The number of hydrogen-bond donors (Lipinski definition) is 2. The molecule has 1 saturated carbocycles. The molecule has 5 nitrogen and oxygen atoms in total. The van der Waals surface area contributed by atoms with Crippen molar-refractivity contribution in [3.63, 3.8) is 0 Å². The van der Waals surface area contributed by atoms with Crippen molar-refractivity contribution < 1.29 is 0 Å². The first-order valence-corrected chi connectivity index (χ1v) is 7.16. The van der Waals surface area contributed by atoms with Gasteiger partial charge in [0.1, 0.15) is 5.82 Å². The lowest BCUT2D eigenvalue weighted by Crippen LogP contribution is -2.35. The van der Waals surface area contributed by atoms with Crippen LogP contribution in [-0.2, 0) is 0 Å². The van der Waals surface area contributed by atoms with Gasteiger partial charge in [0.25, 0.3) is 0 Å². The molecular formula is C13H18ClN5. The van der Waals surface area contributed by atoms with Gasteiger partial charge in [0.2, 0.25) is 5.28 Å². The van der Waals surface area contributed by atoms with Crippen molar-refractivity contribution in [2.45, 2.75) is 39.2 Å². The average Bonchev–Trinajstić information content (AvgIpc) is 2.83. The summed E-state index contributed by atoms with van der Waals surface area (Å²) in [6, 6.07) is 0.438. The minimum absolute atomic E-state index is 0.246. The number of halogens is 1. The van der Waals surface area contributed by atoms with E-state index in [4.69, 9.17) is 11.6 Å². The fraction of sp³-hybridized carbons (Fsp3) is 0.615. The van der Waals surface area contributed by atoms with Crippen LogP contribution in [-0.4, -0.2) is 26.2 Å². The first kappa shape index (κ1) is 12.7. The molecule has 2 heterocycles. The summed E-state index contributed by atoms with van der Waals surface area (Å²) in [6.45, 7) is 4.62. The summed E-state index contributed by atoms with van der Waals surface area (Å²) in [4.78, 5) is 8.43. The molecule has 1 fully saturated rings. The standard InChI is InChI=1S/C13H18ClN5/c1-7-4-3-5-10(8(7)2)16-11-9-6-15-19-12(9)18-13(14)17-11/h6-8,10H,3-5H2,1-2H3,(H2,15,16,17,18,19). The van der Waals surface area contributed by atoms with Crippen LogP contribution in [0.5, 0.6) is 0 Å². The fourth-order valence-corrected chi connectivity index (χ4v) is 3.05. The number of rotatable bonds is 2. The Morgan fingerprint density at radius 1 is 1.32 bits per heavy atom. The molecule has 0 spiro atoms. The van der Waals surface area contributed by atoms with E-state index in [1.807, 2.05) is 0 Å². The van der Waals surface area contributed by atoms with Gasteiger partial charge in [-0.3, -0.25) is 5.10 Å². The number of anilines is 1. The SMILES string of the molecule is CC1CCCC(Nc2nc(Cl)nc3[nH]ncc23)C1C. The minimum Gasteiger partial charge on any atom is -0.366 e. The van der Waals surface area contributed by atoms with E-state index in [-0.39, 0.29) is 5.28 Å². The third kappa shape index (κ3) is 2.39. The predicted molar refractivity (Wildman–Crippen MR) is 76.3 cm³/mol. The summed E-state index contributed by atoms with van der Waals surface area (Å²) in [5, 5.41) is 11.5. The van der Waals surface area contributed by atoms with Gasteiger partial charge < -0.3 is 5.32 Å². The van der Waals surface area contributed by atoms with Gasteiger partial charge in [-0.2, -0.15) is 15.1 Å². The Kier molecular flexibility index (Phi) is 3.31. The Bertz CT molecular complexity index is 581. The number of nitrogens with one attached hydrogen (secondary N) is 2. The van der Waals surface area contributed by atoms with Crippen molar-refractivity contribution >= 4 is 28.5 Å². The molecule has 3 unspecified atom stereocenters. The summed E-state index contributed by atoms with van der Waals surface area (Å²) in [5.41, 5.74) is 0.680. The monoisotopic (exact) mass is 279 g/mol. The summed E-state index contributed by atoms with van der Waals surface area (Å²) >= 11 is 5.95. The van der Waals surface area contributed by atoms with Crippen LogP contribution in [0.15, 0.2) is 6.20 Å². The number of nitrogens with zero attached hydrogens (tertiary/aromatic N) is 3. The number of H-pyrrole nitrogens is 1. The van der Waals surface area contributed by atoms with Gasteiger partial charge in [0, 0.05) is 6.04 Å². The molecule has 0 aromatic carbocycles. The van der Waals surface area contributed by atoms with Crippen LogP contribution in [0.3, 0.4) is 0 Å². The number of hydrogen-bond acceptors (Lipinski definition) is 4. The van der Waals surface area contributed by atoms with Crippen molar-refractivity contribution in [2.24, 2.45) is 11.8 Å². The largest absolute Gasteiger partial charge is 0.366 e. The smallest absolute Gasteiger partial charge is 0.226 e. The highest BCUT2D eigenvalue weighted by molar-refractivity contribution is 6.28. The second-order valence-electron chi connectivity index (χ2n) is 5.49. The summed E-state index contributed by atoms with van der Waals surface area (Å²) in [6.07, 6.45) is 5.49. The van der Waals surface area contributed by atoms with Crippen molar-refractivity contribution in [1.82, 2.24) is 20.2 Å². The molecule has 0 aliphatic heterocycles. The second kappa shape index (κ2) is 4.96. The van der Waals surface area contributed by atoms with Crippen molar-refractivity contribution in [1.29, 1.82) is 0 Å². The third-order valence-electron chi connectivity index (χ3n) is 4.31. The average molecular weight is 280 g/mol. The van der Waals surface area contributed by atoms with Crippen LogP contribution >= 0.6 is 11.6 Å². The molecule has 1 aliphatic rings. The molecule has 6 heteroatoms. The molecule has 19 heavy (non-hydrogen) atoms. The van der Waals surface area contributed by atoms with E-state index in [1.54, 1.807) is 6.20 Å². The molecule has 1 aliphatic carbocycles. The highest BCUT2D eigenvalue weighted by Gasteiger charge is 2.27. The molecule has 2 N–H and O–H groups in total. The van der Waals surface area contributed by atoms with Crippen molar-refractivity contribution in [3.8, 4) is 0 Å². The zero-order chi connectivity index (χ0) is 13.4. The van der Waals surface area contributed by atoms with Gasteiger partial charge in [-0.1, -0.05) is 26.7 Å². The number of aromatic amines is 1. The van der Waals surface area contributed by atoms with Crippen LogP contribution in [0.4, 0.5) is 5.82 Å². The van der Waals surface area contributed by atoms with E-state index < -0.39 is 0 Å².